The zero-order valence-electron chi connectivity index (χ0n) is 11.7. The van der Waals surface area contributed by atoms with Crippen LogP contribution in [-0.4, -0.2) is 60.4 Å². The Morgan fingerprint density at radius 2 is 1.95 bits per heavy atom. The molecular weight excluding hydrogens is 276 g/mol. The smallest absolute Gasteiger partial charge is 0.410 e. The zero-order chi connectivity index (χ0) is 15.7. The fraction of sp³-hybridized carbons (Fsp3) is 0.750. The van der Waals surface area contributed by atoms with Gasteiger partial charge in [-0.3, -0.25) is 4.79 Å². The number of carbonyl (C=O) groups excluding carboxylic acids is 3. The van der Waals surface area contributed by atoms with E-state index in [1.807, 2.05) is 0 Å². The number of hydrogen-bond acceptors (Lipinski definition) is 5. The van der Waals surface area contributed by atoms with Gasteiger partial charge in [-0.05, 0) is 20.8 Å². The van der Waals surface area contributed by atoms with Gasteiger partial charge in [0, 0.05) is 0 Å². The summed E-state index contributed by atoms with van der Waals surface area (Å²) in [5.74, 6) is -3.07. The number of esters is 1. The minimum Gasteiger partial charge on any atom is -0.466 e. The molecule has 20 heavy (non-hydrogen) atoms. The van der Waals surface area contributed by atoms with Gasteiger partial charge in [-0.15, -0.1) is 0 Å². The summed E-state index contributed by atoms with van der Waals surface area (Å²) in [4.78, 5) is 35.2. The molecule has 2 atom stereocenters. The summed E-state index contributed by atoms with van der Waals surface area (Å²) in [6, 6.07) is 0. The fourth-order valence-electron chi connectivity index (χ4n) is 1.72. The standard InChI is InChI=1S/C12H17F2NO5/c1-11(2,3)20-10(18)15-5-7(13)8(16)12(14,6-15)9(17)19-4/h7H,5-6H2,1-4H3/t7-,12-/m1/s1. The van der Waals surface area contributed by atoms with Crippen LogP contribution in [-0.2, 0) is 19.1 Å². The summed E-state index contributed by atoms with van der Waals surface area (Å²) >= 11 is 0. The second kappa shape index (κ2) is 5.34. The van der Waals surface area contributed by atoms with Crippen LogP contribution in [0, 0.1) is 0 Å². The van der Waals surface area contributed by atoms with Crippen LogP contribution in [0.5, 0.6) is 0 Å². The highest BCUT2D eigenvalue weighted by Crippen LogP contribution is 2.26. The Kier molecular flexibility index (Phi) is 4.36. The highest BCUT2D eigenvalue weighted by molar-refractivity contribution is 6.10. The van der Waals surface area contributed by atoms with Crippen LogP contribution in [0.2, 0.25) is 0 Å². The lowest BCUT2D eigenvalue weighted by Gasteiger charge is -2.36. The molecule has 8 heteroatoms. The average Bonchev–Trinajstić information content (AvgIpc) is 2.32. The van der Waals surface area contributed by atoms with Gasteiger partial charge in [0.2, 0.25) is 5.78 Å². The largest absolute Gasteiger partial charge is 0.466 e. The second-order valence-corrected chi connectivity index (χ2v) is 5.49. The minimum absolute atomic E-state index is 0.647. The van der Waals surface area contributed by atoms with E-state index in [1.165, 1.54) is 0 Å². The summed E-state index contributed by atoms with van der Waals surface area (Å²) < 4.78 is 37.0. The number of amides is 1. The van der Waals surface area contributed by atoms with Crippen molar-refractivity contribution in [3.63, 3.8) is 0 Å². The lowest BCUT2D eigenvalue weighted by atomic mass is 9.92. The molecule has 0 saturated carbocycles. The predicted octanol–water partition coefficient (Wildman–Crippen LogP) is 1.03. The maximum atomic E-state index is 14.3. The van der Waals surface area contributed by atoms with E-state index in [2.05, 4.69) is 4.74 Å². The van der Waals surface area contributed by atoms with E-state index in [1.54, 1.807) is 20.8 Å². The van der Waals surface area contributed by atoms with Crippen molar-refractivity contribution < 1.29 is 32.6 Å². The number of halogens is 2. The molecule has 0 spiro atoms. The Balaban J connectivity index is 2.95. The summed E-state index contributed by atoms with van der Waals surface area (Å²) in [7, 11) is 0.872. The fourth-order valence-corrected chi connectivity index (χ4v) is 1.72. The maximum Gasteiger partial charge on any atom is 0.410 e. The molecule has 1 fully saturated rings. The van der Waals surface area contributed by atoms with Crippen LogP contribution in [0.4, 0.5) is 13.6 Å². The van der Waals surface area contributed by atoms with E-state index in [0.717, 1.165) is 7.11 Å². The molecule has 0 aliphatic carbocycles. The molecule has 1 aliphatic rings. The monoisotopic (exact) mass is 293 g/mol. The topological polar surface area (TPSA) is 72.9 Å². The van der Waals surface area contributed by atoms with E-state index < -0.39 is 48.4 Å². The lowest BCUT2D eigenvalue weighted by Crippen LogP contribution is -2.63. The molecule has 0 unspecified atom stereocenters. The number of methoxy groups -OCH3 is 1. The maximum absolute atomic E-state index is 14.3. The number of piperidine rings is 1. The van der Waals surface area contributed by atoms with Crippen molar-refractivity contribution in [2.45, 2.75) is 38.2 Å². The molecule has 1 heterocycles. The van der Waals surface area contributed by atoms with Gasteiger partial charge in [0.15, 0.2) is 6.17 Å². The number of Topliss-reactive ketones (excluding diaryl/α,β-unsaturated/α-hetero) is 1. The van der Waals surface area contributed by atoms with Crippen LogP contribution in [0.1, 0.15) is 20.8 Å². The van der Waals surface area contributed by atoms with E-state index in [4.69, 9.17) is 4.74 Å². The number of ether oxygens (including phenoxy) is 2. The van der Waals surface area contributed by atoms with Gasteiger partial charge in [0.1, 0.15) is 5.60 Å². The van der Waals surface area contributed by atoms with Crippen molar-refractivity contribution in [2.24, 2.45) is 0 Å². The second-order valence-electron chi connectivity index (χ2n) is 5.49. The minimum atomic E-state index is -3.21. The molecule has 0 aromatic heterocycles. The molecule has 0 aromatic carbocycles. The first-order valence-corrected chi connectivity index (χ1v) is 5.95. The summed E-state index contributed by atoms with van der Waals surface area (Å²) in [6.07, 6.45) is -3.31. The number of carbonyl (C=O) groups is 3. The summed E-state index contributed by atoms with van der Waals surface area (Å²) in [5.41, 5.74) is -4.07. The highest BCUT2D eigenvalue weighted by Gasteiger charge is 2.57. The molecule has 0 N–H and O–H groups in total. The number of likely N-dealkylation sites (tertiary alicyclic amines) is 1. The lowest BCUT2D eigenvalue weighted by molar-refractivity contribution is -0.167. The number of ketones is 1. The van der Waals surface area contributed by atoms with Gasteiger partial charge in [-0.1, -0.05) is 0 Å². The van der Waals surface area contributed by atoms with Gasteiger partial charge in [-0.2, -0.15) is 0 Å². The molecule has 0 aromatic rings. The summed E-state index contributed by atoms with van der Waals surface area (Å²) in [5, 5.41) is 0. The normalized spacial score (nSPS) is 27.2. The van der Waals surface area contributed by atoms with E-state index >= 15 is 0 Å². The van der Waals surface area contributed by atoms with Crippen LogP contribution < -0.4 is 0 Å². The van der Waals surface area contributed by atoms with Gasteiger partial charge >= 0.3 is 12.1 Å². The molecule has 1 aliphatic heterocycles. The molecule has 1 saturated heterocycles. The number of alkyl halides is 2. The average molecular weight is 293 g/mol. The number of nitrogens with zero attached hydrogens (tertiary/aromatic N) is 1. The zero-order valence-corrected chi connectivity index (χ0v) is 11.7. The molecule has 0 radical (unpaired) electrons. The number of rotatable bonds is 1. The summed E-state index contributed by atoms with van der Waals surface area (Å²) in [6.45, 7) is 3.16. The van der Waals surface area contributed by atoms with Crippen molar-refractivity contribution in [1.82, 2.24) is 4.90 Å². The number of hydrogen-bond donors (Lipinski definition) is 0. The van der Waals surface area contributed by atoms with Crippen LogP contribution in [0.25, 0.3) is 0 Å². The van der Waals surface area contributed by atoms with E-state index in [9.17, 15) is 23.2 Å². The Labute approximate surface area is 115 Å². The Morgan fingerprint density at radius 3 is 2.40 bits per heavy atom. The van der Waals surface area contributed by atoms with Crippen LogP contribution in [0.3, 0.4) is 0 Å². The van der Waals surface area contributed by atoms with Crippen molar-refractivity contribution >= 4 is 17.8 Å². The quantitative estimate of drug-likeness (QED) is 0.533. The first-order valence-electron chi connectivity index (χ1n) is 5.95. The van der Waals surface area contributed by atoms with Crippen LogP contribution >= 0.6 is 0 Å². The molecule has 1 rings (SSSR count). The van der Waals surface area contributed by atoms with Crippen molar-refractivity contribution in [3.8, 4) is 0 Å². The van der Waals surface area contributed by atoms with Gasteiger partial charge in [0.05, 0.1) is 20.2 Å². The van der Waals surface area contributed by atoms with Crippen molar-refractivity contribution in [1.29, 1.82) is 0 Å². The van der Waals surface area contributed by atoms with Gasteiger partial charge in [-0.25, -0.2) is 18.4 Å². The first kappa shape index (κ1) is 16.3. The first-order chi connectivity index (χ1) is 9.01. The molecule has 1 amide bonds. The van der Waals surface area contributed by atoms with Crippen molar-refractivity contribution in [2.75, 3.05) is 20.2 Å². The van der Waals surface area contributed by atoms with Gasteiger partial charge in [0.25, 0.3) is 5.67 Å². The molecule has 0 bridgehead atoms. The Hall–Kier alpha value is -1.73. The van der Waals surface area contributed by atoms with Crippen molar-refractivity contribution in [3.05, 3.63) is 0 Å². The molecule has 114 valence electrons. The SMILES string of the molecule is COC(=O)[C@@]1(F)CN(C(=O)OC(C)(C)C)C[C@@H](F)C1=O. The third-order valence-electron chi connectivity index (χ3n) is 2.63. The Morgan fingerprint density at radius 1 is 1.40 bits per heavy atom. The van der Waals surface area contributed by atoms with Gasteiger partial charge < -0.3 is 14.4 Å². The van der Waals surface area contributed by atoms with E-state index in [0.29, 0.717) is 4.90 Å². The van der Waals surface area contributed by atoms with Crippen LogP contribution in [0.15, 0.2) is 0 Å². The third-order valence-corrected chi connectivity index (χ3v) is 2.63. The molecular formula is C12H17F2NO5. The third kappa shape index (κ3) is 3.23. The predicted molar refractivity (Wildman–Crippen MR) is 63.6 cm³/mol. The van der Waals surface area contributed by atoms with E-state index in [-0.39, 0.29) is 0 Å². The Bertz CT molecular complexity index is 434. The highest BCUT2D eigenvalue weighted by atomic mass is 19.2. The molecule has 6 nitrogen and oxygen atoms in total.